The number of carboxylic acids is 2. The predicted molar refractivity (Wildman–Crippen MR) is 83.7 cm³/mol. The number of carboxylic acid groups (broad SMARTS) is 2. The van der Waals surface area contributed by atoms with E-state index in [4.69, 9.17) is 0 Å². The summed E-state index contributed by atoms with van der Waals surface area (Å²) in [5.41, 5.74) is 0. The van der Waals surface area contributed by atoms with Gasteiger partial charge in [-0.15, -0.1) is 0 Å². The van der Waals surface area contributed by atoms with Gasteiger partial charge in [0.1, 0.15) is 0 Å². The van der Waals surface area contributed by atoms with Gasteiger partial charge < -0.3 is 19.8 Å². The van der Waals surface area contributed by atoms with Crippen LogP contribution < -0.4 is 113 Å². The van der Waals surface area contributed by atoms with E-state index in [1.807, 2.05) is 6.08 Å². The molecule has 0 aromatic rings. The summed E-state index contributed by atoms with van der Waals surface area (Å²) in [5, 5.41) is 21.1. The third-order valence-electron chi connectivity index (χ3n) is 3.81. The Balaban J connectivity index is -0.00000220. The summed E-state index contributed by atoms with van der Waals surface area (Å²) in [6.07, 6.45) is 15.8. The minimum Gasteiger partial charge on any atom is -0.550 e. The molecule has 0 aromatic heterocycles. The smallest absolute Gasteiger partial charge is 0.550 e. The van der Waals surface area contributed by atoms with Gasteiger partial charge in [-0.05, 0) is 25.7 Å². The number of rotatable bonds is 15. The van der Waals surface area contributed by atoms with Crippen molar-refractivity contribution in [3.05, 3.63) is 12.2 Å². The van der Waals surface area contributed by atoms with Crippen LogP contribution >= 0.6 is 0 Å². The molecular weight excluding hydrogens is 358 g/mol. The van der Waals surface area contributed by atoms with Crippen molar-refractivity contribution in [1.29, 1.82) is 0 Å². The Bertz CT molecular complexity index is 333. The largest absolute Gasteiger partial charge is 1.00 e. The SMILES string of the molecule is CCCCCCCCCCC/C=C/CC(CC(=O)[O-])C(=O)[O-].[K+].[K+]. The number of aliphatic carboxylic acids is 2. The van der Waals surface area contributed by atoms with Gasteiger partial charge in [-0.25, -0.2) is 0 Å². The second-order valence-electron chi connectivity index (χ2n) is 5.92. The van der Waals surface area contributed by atoms with Crippen LogP contribution in [0.25, 0.3) is 0 Å². The second kappa shape index (κ2) is 23.0. The van der Waals surface area contributed by atoms with Crippen LogP contribution in [0.1, 0.15) is 84.0 Å². The summed E-state index contributed by atoms with van der Waals surface area (Å²) in [6.45, 7) is 2.22. The molecule has 0 spiro atoms. The molecule has 24 heavy (non-hydrogen) atoms. The predicted octanol–water partition coefficient (Wildman–Crippen LogP) is -3.63. The molecule has 1 atom stereocenters. The topological polar surface area (TPSA) is 80.3 Å². The number of unbranched alkanes of at least 4 members (excludes halogenated alkanes) is 9. The Morgan fingerprint density at radius 1 is 0.833 bits per heavy atom. The molecule has 0 radical (unpaired) electrons. The van der Waals surface area contributed by atoms with Gasteiger partial charge in [-0.2, -0.15) is 0 Å². The van der Waals surface area contributed by atoms with E-state index in [1.54, 1.807) is 6.08 Å². The van der Waals surface area contributed by atoms with Crippen LogP contribution in [0.3, 0.4) is 0 Å². The van der Waals surface area contributed by atoms with Crippen molar-refractivity contribution in [2.75, 3.05) is 0 Å². The fourth-order valence-corrected chi connectivity index (χ4v) is 2.42. The van der Waals surface area contributed by atoms with E-state index in [0.29, 0.717) is 0 Å². The number of hydrogen-bond acceptors (Lipinski definition) is 4. The molecule has 0 rings (SSSR count). The molecule has 0 amide bonds. The van der Waals surface area contributed by atoms with Gasteiger partial charge in [-0.1, -0.05) is 70.4 Å². The zero-order chi connectivity index (χ0) is 16.6. The molecule has 0 heterocycles. The summed E-state index contributed by atoms with van der Waals surface area (Å²) in [4.78, 5) is 21.1. The summed E-state index contributed by atoms with van der Waals surface area (Å²) in [7, 11) is 0. The number of hydrogen-bond donors (Lipinski definition) is 0. The third-order valence-corrected chi connectivity index (χ3v) is 3.81. The van der Waals surface area contributed by atoms with Crippen LogP contribution in [0.5, 0.6) is 0 Å². The van der Waals surface area contributed by atoms with Crippen LogP contribution in [-0.2, 0) is 9.59 Å². The van der Waals surface area contributed by atoms with Crippen LogP contribution in [0, 0.1) is 5.92 Å². The number of allylic oxidation sites excluding steroid dienone is 2. The monoisotopic (exact) mass is 388 g/mol. The molecule has 128 valence electrons. The standard InChI is InChI=1S/C18H32O4.2K/c1-2-3-4-5-6-7-8-9-10-11-12-13-14-16(18(21)22)15-17(19)20;;/h12-13,16H,2-11,14-15H2,1H3,(H,19,20)(H,21,22);;/q;2*+1/p-2/b13-12+;;. The minimum absolute atomic E-state index is 0. The zero-order valence-electron chi connectivity index (χ0n) is 15.9. The van der Waals surface area contributed by atoms with Crippen LogP contribution in [0.4, 0.5) is 0 Å². The molecule has 0 fully saturated rings. The molecule has 0 saturated carbocycles. The van der Waals surface area contributed by atoms with E-state index in [0.717, 1.165) is 12.8 Å². The maximum Gasteiger partial charge on any atom is 1.00 e. The van der Waals surface area contributed by atoms with Crippen molar-refractivity contribution in [2.45, 2.75) is 84.0 Å². The van der Waals surface area contributed by atoms with E-state index in [9.17, 15) is 19.8 Å². The quantitative estimate of drug-likeness (QED) is 0.165. The Labute approximate surface area is 232 Å². The zero-order valence-corrected chi connectivity index (χ0v) is 22.1. The first-order valence-electron chi connectivity index (χ1n) is 8.63. The summed E-state index contributed by atoms with van der Waals surface area (Å²) in [6, 6.07) is 0. The first kappa shape index (κ1) is 30.7. The average molecular weight is 389 g/mol. The normalized spacial score (nSPS) is 11.5. The molecule has 0 aromatic carbocycles. The second-order valence-corrected chi connectivity index (χ2v) is 5.92. The molecular formula is C18H30K2O4. The van der Waals surface area contributed by atoms with Crippen molar-refractivity contribution >= 4 is 11.9 Å². The molecule has 0 aliphatic heterocycles. The van der Waals surface area contributed by atoms with E-state index < -0.39 is 24.3 Å². The molecule has 0 aliphatic carbocycles. The van der Waals surface area contributed by atoms with E-state index in [2.05, 4.69) is 6.92 Å². The summed E-state index contributed by atoms with van der Waals surface area (Å²) < 4.78 is 0. The molecule has 0 aliphatic rings. The van der Waals surface area contributed by atoms with Crippen molar-refractivity contribution in [3.63, 3.8) is 0 Å². The van der Waals surface area contributed by atoms with Gasteiger partial charge >= 0.3 is 103 Å². The van der Waals surface area contributed by atoms with E-state index >= 15 is 0 Å². The Hall–Kier alpha value is 1.95. The fourth-order valence-electron chi connectivity index (χ4n) is 2.42. The van der Waals surface area contributed by atoms with Gasteiger partial charge in [0.2, 0.25) is 0 Å². The molecule has 1 unspecified atom stereocenters. The van der Waals surface area contributed by atoms with Crippen molar-refractivity contribution in [3.8, 4) is 0 Å². The van der Waals surface area contributed by atoms with E-state index in [-0.39, 0.29) is 109 Å². The van der Waals surface area contributed by atoms with E-state index in [1.165, 1.54) is 51.4 Å². The molecule has 4 nitrogen and oxygen atoms in total. The summed E-state index contributed by atoms with van der Waals surface area (Å²) in [5.74, 6) is -3.65. The van der Waals surface area contributed by atoms with Gasteiger partial charge in [0, 0.05) is 17.9 Å². The van der Waals surface area contributed by atoms with Crippen molar-refractivity contribution in [1.82, 2.24) is 0 Å². The molecule has 0 N–H and O–H groups in total. The molecule has 6 heteroatoms. The van der Waals surface area contributed by atoms with Gasteiger partial charge in [0.15, 0.2) is 0 Å². The fraction of sp³-hybridized carbons (Fsp3) is 0.778. The maximum atomic E-state index is 10.7. The number of carbonyl (C=O) groups is 2. The van der Waals surface area contributed by atoms with Crippen LogP contribution in [-0.4, -0.2) is 11.9 Å². The van der Waals surface area contributed by atoms with Crippen LogP contribution in [0.2, 0.25) is 0 Å². The molecule has 0 saturated heterocycles. The number of carbonyl (C=O) groups excluding carboxylic acids is 2. The average Bonchev–Trinajstić information content (AvgIpc) is 2.46. The Morgan fingerprint density at radius 2 is 1.33 bits per heavy atom. The minimum atomic E-state index is -1.35. The van der Waals surface area contributed by atoms with Gasteiger partial charge in [0.25, 0.3) is 0 Å². The summed E-state index contributed by atoms with van der Waals surface area (Å²) >= 11 is 0. The van der Waals surface area contributed by atoms with Crippen molar-refractivity contribution < 1.29 is 123 Å². The van der Waals surface area contributed by atoms with Gasteiger partial charge in [0.05, 0.1) is 0 Å². The Morgan fingerprint density at radius 3 is 1.79 bits per heavy atom. The molecule has 0 bridgehead atoms. The Kier molecular flexibility index (Phi) is 29.4. The third kappa shape index (κ3) is 22.0. The van der Waals surface area contributed by atoms with Crippen molar-refractivity contribution in [2.24, 2.45) is 5.92 Å². The van der Waals surface area contributed by atoms with Gasteiger partial charge in [-0.3, -0.25) is 0 Å². The first-order chi connectivity index (χ1) is 10.6. The van der Waals surface area contributed by atoms with Crippen LogP contribution in [0.15, 0.2) is 12.2 Å². The maximum absolute atomic E-state index is 10.7. The first-order valence-corrected chi connectivity index (χ1v) is 8.63.